The summed E-state index contributed by atoms with van der Waals surface area (Å²) < 4.78 is 5.89. The molecule has 0 saturated carbocycles. The van der Waals surface area contributed by atoms with Crippen molar-refractivity contribution >= 4 is 46.9 Å². The third-order valence-corrected chi connectivity index (χ3v) is 8.36. The van der Waals surface area contributed by atoms with E-state index in [1.165, 1.54) is 11.8 Å². The summed E-state index contributed by atoms with van der Waals surface area (Å²) in [6.45, 7) is 6.29. The van der Waals surface area contributed by atoms with Crippen molar-refractivity contribution in [3.63, 3.8) is 0 Å². The van der Waals surface area contributed by atoms with Crippen LogP contribution in [0.4, 0.5) is 11.4 Å². The van der Waals surface area contributed by atoms with Gasteiger partial charge in [-0.2, -0.15) is 0 Å². The third kappa shape index (κ3) is 9.95. The molecule has 5 aromatic carbocycles. The van der Waals surface area contributed by atoms with Crippen molar-refractivity contribution in [2.45, 2.75) is 37.5 Å². The lowest BCUT2D eigenvalue weighted by Crippen LogP contribution is -2.30. The topological polar surface area (TPSA) is 96.5 Å². The van der Waals surface area contributed by atoms with Gasteiger partial charge in [0.25, 0.3) is 11.8 Å². The molecule has 0 saturated heterocycles. The summed E-state index contributed by atoms with van der Waals surface area (Å²) in [6, 6.07) is 39.1. The molecule has 1 unspecified atom stereocenters. The van der Waals surface area contributed by atoms with Gasteiger partial charge in [-0.25, -0.2) is 0 Å². The van der Waals surface area contributed by atoms with E-state index in [0.29, 0.717) is 29.2 Å². The van der Waals surface area contributed by atoms with E-state index in [0.717, 1.165) is 27.3 Å². The van der Waals surface area contributed by atoms with E-state index in [4.69, 9.17) is 4.74 Å². The van der Waals surface area contributed by atoms with Crippen LogP contribution in [0.3, 0.4) is 0 Å². The van der Waals surface area contributed by atoms with Crippen molar-refractivity contribution in [3.05, 3.63) is 161 Å². The van der Waals surface area contributed by atoms with Crippen LogP contribution >= 0.6 is 11.8 Å². The summed E-state index contributed by atoms with van der Waals surface area (Å²) in [5.74, 6) is -0.294. The smallest absolute Gasteiger partial charge is 0.272 e. The lowest BCUT2D eigenvalue weighted by atomic mass is 10.1. The fourth-order valence-corrected chi connectivity index (χ4v) is 5.74. The zero-order valence-corrected chi connectivity index (χ0v) is 27.8. The maximum Gasteiger partial charge on any atom is 0.272 e. The monoisotopic (exact) mass is 655 g/mol. The van der Waals surface area contributed by atoms with Gasteiger partial charge in [-0.3, -0.25) is 14.4 Å². The van der Waals surface area contributed by atoms with Crippen LogP contribution in [0.25, 0.3) is 6.08 Å². The molecule has 0 spiro atoms. The molecule has 5 aromatic rings. The van der Waals surface area contributed by atoms with Gasteiger partial charge in [0, 0.05) is 21.8 Å². The van der Waals surface area contributed by atoms with Gasteiger partial charge in [-0.15, -0.1) is 11.8 Å². The zero-order valence-electron chi connectivity index (χ0n) is 27.0. The van der Waals surface area contributed by atoms with E-state index in [1.807, 2.05) is 106 Å². The Kier molecular flexibility index (Phi) is 11.5. The van der Waals surface area contributed by atoms with Crippen LogP contribution in [0.1, 0.15) is 39.5 Å². The number of aryl methyl sites for hydroxylation is 2. The highest BCUT2D eigenvalue weighted by Gasteiger charge is 2.17. The fraction of sp³-hybridized carbons (Fsp3) is 0.125. The summed E-state index contributed by atoms with van der Waals surface area (Å²) in [5.41, 5.74) is 5.77. The second-order valence-corrected chi connectivity index (χ2v) is 12.7. The quantitative estimate of drug-likeness (QED) is 0.0927. The van der Waals surface area contributed by atoms with Crippen LogP contribution in [-0.2, 0) is 16.2 Å². The van der Waals surface area contributed by atoms with Gasteiger partial charge >= 0.3 is 0 Å². The first-order valence-corrected chi connectivity index (χ1v) is 16.4. The molecule has 7 nitrogen and oxygen atoms in total. The van der Waals surface area contributed by atoms with Crippen molar-refractivity contribution in [1.29, 1.82) is 0 Å². The number of hydrogen-bond acceptors (Lipinski definition) is 5. The van der Waals surface area contributed by atoms with Gasteiger partial charge in [-0.1, -0.05) is 66.7 Å². The lowest BCUT2D eigenvalue weighted by molar-refractivity contribution is -0.115. The molecule has 0 bridgehead atoms. The molecule has 0 aliphatic heterocycles. The first-order chi connectivity index (χ1) is 23.2. The van der Waals surface area contributed by atoms with E-state index in [9.17, 15) is 14.4 Å². The van der Waals surface area contributed by atoms with Crippen LogP contribution in [0.2, 0.25) is 0 Å². The van der Waals surface area contributed by atoms with Crippen molar-refractivity contribution in [2.24, 2.45) is 0 Å². The van der Waals surface area contributed by atoms with Crippen molar-refractivity contribution in [1.82, 2.24) is 5.32 Å². The van der Waals surface area contributed by atoms with E-state index in [2.05, 4.69) is 22.0 Å². The summed E-state index contributed by atoms with van der Waals surface area (Å²) in [7, 11) is 0. The van der Waals surface area contributed by atoms with Crippen LogP contribution in [-0.4, -0.2) is 23.0 Å². The number of ether oxygens (including phenoxy) is 1. The molecule has 0 fully saturated rings. The highest BCUT2D eigenvalue weighted by molar-refractivity contribution is 8.00. The fourth-order valence-electron chi connectivity index (χ4n) is 4.87. The number of nitrogens with one attached hydrogen (secondary N) is 3. The largest absolute Gasteiger partial charge is 0.489 e. The highest BCUT2D eigenvalue weighted by Crippen LogP contribution is 2.26. The van der Waals surface area contributed by atoms with E-state index in [1.54, 1.807) is 42.5 Å². The molecular weight excluding hydrogens is 619 g/mol. The van der Waals surface area contributed by atoms with Crippen LogP contribution in [0, 0.1) is 13.8 Å². The predicted octanol–water partition coefficient (Wildman–Crippen LogP) is 8.41. The van der Waals surface area contributed by atoms with Gasteiger partial charge in [0.05, 0.1) is 5.25 Å². The Hall–Kier alpha value is -5.60. The number of carbonyl (C=O) groups is 3. The predicted molar refractivity (Wildman–Crippen MR) is 194 cm³/mol. The standard InChI is InChI=1S/C40H37N3O4S/c1-27-22-28(2)24-34(23-27)42-38(44)29(3)48-36-20-16-33(17-21-36)41-40(46)37(43-39(45)32-12-8-5-9-13-32)25-30-14-18-35(19-15-30)47-26-31-10-6-4-7-11-31/h4-25,29H,26H2,1-3H3,(H,41,46)(H,42,44)(H,43,45)/b37-25-. The summed E-state index contributed by atoms with van der Waals surface area (Å²) in [5, 5.41) is 8.30. The number of benzene rings is 5. The Morgan fingerprint density at radius 1 is 0.729 bits per heavy atom. The minimum absolute atomic E-state index is 0.0805. The molecule has 48 heavy (non-hydrogen) atoms. The Labute approximate surface area is 285 Å². The van der Waals surface area contributed by atoms with Crippen LogP contribution in [0.15, 0.2) is 138 Å². The highest BCUT2D eigenvalue weighted by atomic mass is 32.2. The maximum atomic E-state index is 13.5. The van der Waals surface area contributed by atoms with Gasteiger partial charge in [-0.05, 0) is 110 Å². The normalized spacial score (nSPS) is 11.7. The molecule has 242 valence electrons. The summed E-state index contributed by atoms with van der Waals surface area (Å²) >= 11 is 1.42. The van der Waals surface area contributed by atoms with E-state index in [-0.39, 0.29) is 16.9 Å². The Morgan fingerprint density at radius 2 is 1.35 bits per heavy atom. The Morgan fingerprint density at radius 3 is 2.00 bits per heavy atom. The number of rotatable bonds is 12. The molecule has 0 aliphatic carbocycles. The minimum Gasteiger partial charge on any atom is -0.489 e. The molecule has 0 heterocycles. The Bertz CT molecular complexity index is 1870. The second kappa shape index (κ2) is 16.3. The van der Waals surface area contributed by atoms with Gasteiger partial charge in [0.2, 0.25) is 5.91 Å². The Balaban J connectivity index is 1.25. The molecule has 1 atom stereocenters. The number of thioether (sulfide) groups is 1. The molecule has 0 radical (unpaired) electrons. The molecule has 5 rings (SSSR count). The number of carbonyl (C=O) groups excluding carboxylic acids is 3. The molecular formula is C40H37N3O4S. The van der Waals surface area contributed by atoms with Crippen molar-refractivity contribution in [3.8, 4) is 5.75 Å². The maximum absolute atomic E-state index is 13.5. The summed E-state index contributed by atoms with van der Waals surface area (Å²) in [6.07, 6.45) is 1.62. The first-order valence-electron chi connectivity index (χ1n) is 15.5. The van der Waals surface area contributed by atoms with E-state index < -0.39 is 11.8 Å². The van der Waals surface area contributed by atoms with Gasteiger partial charge in [0.1, 0.15) is 18.1 Å². The number of anilines is 2. The van der Waals surface area contributed by atoms with Crippen LogP contribution < -0.4 is 20.7 Å². The molecule has 8 heteroatoms. The van der Waals surface area contributed by atoms with Crippen molar-refractivity contribution < 1.29 is 19.1 Å². The van der Waals surface area contributed by atoms with Gasteiger partial charge < -0.3 is 20.7 Å². The average Bonchev–Trinajstić information content (AvgIpc) is 3.08. The first kappa shape index (κ1) is 33.8. The molecule has 3 N–H and O–H groups in total. The van der Waals surface area contributed by atoms with E-state index >= 15 is 0 Å². The van der Waals surface area contributed by atoms with Crippen LogP contribution in [0.5, 0.6) is 5.75 Å². The third-order valence-electron chi connectivity index (χ3n) is 7.25. The average molecular weight is 656 g/mol. The summed E-state index contributed by atoms with van der Waals surface area (Å²) in [4.78, 5) is 40.3. The van der Waals surface area contributed by atoms with Crippen molar-refractivity contribution in [2.75, 3.05) is 10.6 Å². The zero-order chi connectivity index (χ0) is 33.9. The lowest BCUT2D eigenvalue weighted by Gasteiger charge is -2.14. The number of amides is 3. The minimum atomic E-state index is -0.481. The number of hydrogen-bond donors (Lipinski definition) is 3. The molecule has 0 aromatic heterocycles. The van der Waals surface area contributed by atoms with Gasteiger partial charge in [0.15, 0.2) is 0 Å². The SMILES string of the molecule is Cc1cc(C)cc(NC(=O)C(C)Sc2ccc(NC(=O)/C(=C/c3ccc(OCc4ccccc4)cc3)NC(=O)c3ccccc3)cc2)c1. The second-order valence-electron chi connectivity index (χ2n) is 11.3. The molecule has 3 amide bonds. The molecule has 0 aliphatic rings.